The Morgan fingerprint density at radius 2 is 2.16 bits per heavy atom. The zero-order valence-electron chi connectivity index (χ0n) is 15.2. The summed E-state index contributed by atoms with van der Waals surface area (Å²) in [6, 6.07) is 3.64. The third kappa shape index (κ3) is 8.60. The van der Waals surface area contributed by atoms with Crippen LogP contribution in [0.1, 0.15) is 44.8 Å². The Labute approximate surface area is 167 Å². The average Bonchev–Trinajstić information content (AvgIpc) is 3.09. The minimum Gasteiger partial charge on any atom is -0.467 e. The Morgan fingerprint density at radius 3 is 2.84 bits per heavy atom. The number of carbonyl (C=O) groups is 1. The molecule has 0 aromatic carbocycles. The van der Waals surface area contributed by atoms with Gasteiger partial charge in [-0.3, -0.25) is 9.79 Å². The molecule has 142 valence electrons. The largest absolute Gasteiger partial charge is 0.467 e. The first-order chi connectivity index (χ1) is 11.7. The number of nitrogens with zero attached hydrogens (tertiary/aromatic N) is 1. The van der Waals surface area contributed by atoms with Crippen molar-refractivity contribution in [3.8, 4) is 0 Å². The fourth-order valence-corrected chi connectivity index (χ4v) is 3.26. The number of aliphatic imine (C=N–C) groups is 1. The van der Waals surface area contributed by atoms with Gasteiger partial charge in [0, 0.05) is 13.6 Å². The topological polar surface area (TPSA) is 78.7 Å². The van der Waals surface area contributed by atoms with E-state index < -0.39 is 0 Å². The van der Waals surface area contributed by atoms with Gasteiger partial charge in [-0.2, -0.15) is 0 Å². The summed E-state index contributed by atoms with van der Waals surface area (Å²) in [5, 5.41) is 9.14. The third-order valence-corrected chi connectivity index (χ3v) is 4.57. The number of carbonyl (C=O) groups excluding carboxylic acids is 1. The van der Waals surface area contributed by atoms with Gasteiger partial charge < -0.3 is 20.4 Å². The number of guanidine groups is 1. The first-order valence-electron chi connectivity index (χ1n) is 8.91. The molecule has 1 heterocycles. The highest BCUT2D eigenvalue weighted by Gasteiger charge is 2.18. The lowest BCUT2D eigenvalue weighted by molar-refractivity contribution is -0.120. The fourth-order valence-electron chi connectivity index (χ4n) is 3.26. The Hall–Kier alpha value is -1.25. The number of hydrogen-bond acceptors (Lipinski definition) is 3. The molecule has 0 bridgehead atoms. The van der Waals surface area contributed by atoms with Gasteiger partial charge in [-0.25, -0.2) is 0 Å². The maximum Gasteiger partial charge on any atom is 0.239 e. The molecule has 2 unspecified atom stereocenters. The molecule has 2 rings (SSSR count). The minimum absolute atomic E-state index is 0. The first kappa shape index (κ1) is 21.8. The summed E-state index contributed by atoms with van der Waals surface area (Å²) < 4.78 is 5.18. The second-order valence-electron chi connectivity index (χ2n) is 6.64. The van der Waals surface area contributed by atoms with Crippen molar-refractivity contribution in [1.29, 1.82) is 0 Å². The number of furan rings is 1. The Bertz CT molecular complexity index is 519. The van der Waals surface area contributed by atoms with Crippen LogP contribution in [0.4, 0.5) is 0 Å². The lowest BCUT2D eigenvalue weighted by Crippen LogP contribution is -2.43. The summed E-state index contributed by atoms with van der Waals surface area (Å²) >= 11 is 0. The molecule has 1 aromatic rings. The molecule has 0 saturated heterocycles. The molecule has 1 fully saturated rings. The molecule has 1 aliphatic carbocycles. The van der Waals surface area contributed by atoms with E-state index >= 15 is 0 Å². The standard InChI is InChI=1S/C18H30N4O2.HI/c1-14-5-3-6-15(11-14)8-9-20-18(19-2)22-13-17(23)21-12-16-7-4-10-24-16;/h4,7,10,14-15H,3,5-6,8-9,11-13H2,1-2H3,(H,21,23)(H2,19,20,22);1H. The lowest BCUT2D eigenvalue weighted by Gasteiger charge is -2.26. The predicted molar refractivity (Wildman–Crippen MR) is 111 cm³/mol. The summed E-state index contributed by atoms with van der Waals surface area (Å²) in [5.74, 6) is 3.00. The smallest absolute Gasteiger partial charge is 0.239 e. The number of amides is 1. The van der Waals surface area contributed by atoms with E-state index in [1.807, 2.05) is 6.07 Å². The van der Waals surface area contributed by atoms with Gasteiger partial charge >= 0.3 is 0 Å². The van der Waals surface area contributed by atoms with E-state index in [1.165, 1.54) is 25.7 Å². The summed E-state index contributed by atoms with van der Waals surface area (Å²) in [7, 11) is 1.72. The number of hydrogen-bond donors (Lipinski definition) is 3. The quantitative estimate of drug-likeness (QED) is 0.331. The molecule has 25 heavy (non-hydrogen) atoms. The maximum atomic E-state index is 11.8. The molecule has 0 radical (unpaired) electrons. The van der Waals surface area contributed by atoms with E-state index in [9.17, 15) is 4.79 Å². The molecule has 6 nitrogen and oxygen atoms in total. The zero-order chi connectivity index (χ0) is 17.2. The highest BCUT2D eigenvalue weighted by Crippen LogP contribution is 2.30. The van der Waals surface area contributed by atoms with Crippen molar-refractivity contribution in [2.24, 2.45) is 16.8 Å². The van der Waals surface area contributed by atoms with Crippen molar-refractivity contribution in [2.45, 2.75) is 45.6 Å². The van der Waals surface area contributed by atoms with E-state index in [1.54, 1.807) is 19.4 Å². The molecular weight excluding hydrogens is 431 g/mol. The molecular formula is C18H31IN4O2. The second kappa shape index (κ2) is 12.2. The van der Waals surface area contributed by atoms with Gasteiger partial charge in [0.1, 0.15) is 5.76 Å². The van der Waals surface area contributed by atoms with Crippen LogP contribution >= 0.6 is 24.0 Å². The van der Waals surface area contributed by atoms with Gasteiger partial charge in [0.25, 0.3) is 0 Å². The van der Waals surface area contributed by atoms with E-state index in [-0.39, 0.29) is 36.4 Å². The third-order valence-electron chi connectivity index (χ3n) is 4.57. The summed E-state index contributed by atoms with van der Waals surface area (Å²) in [6.45, 7) is 3.84. The van der Waals surface area contributed by atoms with Crippen LogP contribution in [0.3, 0.4) is 0 Å². The maximum absolute atomic E-state index is 11.8. The van der Waals surface area contributed by atoms with Gasteiger partial charge in [0.15, 0.2) is 5.96 Å². The number of rotatable bonds is 7. The van der Waals surface area contributed by atoms with Crippen molar-refractivity contribution >= 4 is 35.8 Å². The summed E-state index contributed by atoms with van der Waals surface area (Å²) in [5.41, 5.74) is 0. The molecule has 1 amide bonds. The van der Waals surface area contributed by atoms with Gasteiger partial charge in [0.05, 0.1) is 19.4 Å². The number of halogens is 1. The highest BCUT2D eigenvalue weighted by atomic mass is 127. The van der Waals surface area contributed by atoms with E-state index in [2.05, 4.69) is 27.9 Å². The normalized spacial score (nSPS) is 20.5. The van der Waals surface area contributed by atoms with Crippen LogP contribution < -0.4 is 16.0 Å². The van der Waals surface area contributed by atoms with E-state index in [4.69, 9.17) is 4.42 Å². The van der Waals surface area contributed by atoms with Crippen molar-refractivity contribution in [3.05, 3.63) is 24.2 Å². The van der Waals surface area contributed by atoms with Crippen molar-refractivity contribution in [2.75, 3.05) is 20.1 Å². The molecule has 1 aromatic heterocycles. The van der Waals surface area contributed by atoms with Crippen LogP contribution in [0.5, 0.6) is 0 Å². The van der Waals surface area contributed by atoms with E-state index in [0.29, 0.717) is 12.5 Å². The van der Waals surface area contributed by atoms with Crippen molar-refractivity contribution in [3.63, 3.8) is 0 Å². The average molecular weight is 462 g/mol. The fraction of sp³-hybridized carbons (Fsp3) is 0.667. The Kier molecular flexibility index (Phi) is 10.6. The Morgan fingerprint density at radius 1 is 1.32 bits per heavy atom. The summed E-state index contributed by atoms with van der Waals surface area (Å²) in [6.07, 6.45) is 8.17. The SMILES string of the molecule is CN=C(NCCC1CCCC(C)C1)NCC(=O)NCc1ccco1.I. The first-order valence-corrected chi connectivity index (χ1v) is 8.91. The molecule has 1 saturated carbocycles. The van der Waals surface area contributed by atoms with Crippen LogP contribution in [0.15, 0.2) is 27.8 Å². The van der Waals surface area contributed by atoms with Crippen LogP contribution in [0, 0.1) is 11.8 Å². The van der Waals surface area contributed by atoms with Crippen LogP contribution in [-0.4, -0.2) is 32.0 Å². The van der Waals surface area contributed by atoms with Crippen LogP contribution in [-0.2, 0) is 11.3 Å². The Balaban J connectivity index is 0.00000312. The molecule has 3 N–H and O–H groups in total. The second-order valence-corrected chi connectivity index (χ2v) is 6.64. The van der Waals surface area contributed by atoms with Crippen molar-refractivity contribution in [1.82, 2.24) is 16.0 Å². The molecule has 0 spiro atoms. The molecule has 2 atom stereocenters. The zero-order valence-corrected chi connectivity index (χ0v) is 17.5. The van der Waals surface area contributed by atoms with Gasteiger partial charge in [-0.1, -0.05) is 26.2 Å². The predicted octanol–water partition coefficient (Wildman–Crippen LogP) is 2.90. The highest BCUT2D eigenvalue weighted by molar-refractivity contribution is 14.0. The summed E-state index contributed by atoms with van der Waals surface area (Å²) in [4.78, 5) is 16.0. The van der Waals surface area contributed by atoms with E-state index in [0.717, 1.165) is 30.6 Å². The van der Waals surface area contributed by atoms with Gasteiger partial charge in [-0.05, 0) is 36.8 Å². The molecule has 1 aliphatic rings. The lowest BCUT2D eigenvalue weighted by atomic mass is 9.81. The monoisotopic (exact) mass is 462 g/mol. The van der Waals surface area contributed by atoms with Gasteiger partial charge in [0.2, 0.25) is 5.91 Å². The minimum atomic E-state index is -0.0875. The molecule has 7 heteroatoms. The van der Waals surface area contributed by atoms with Crippen LogP contribution in [0.2, 0.25) is 0 Å². The van der Waals surface area contributed by atoms with Crippen LogP contribution in [0.25, 0.3) is 0 Å². The number of nitrogens with one attached hydrogen (secondary N) is 3. The van der Waals surface area contributed by atoms with Crippen molar-refractivity contribution < 1.29 is 9.21 Å². The van der Waals surface area contributed by atoms with Gasteiger partial charge in [-0.15, -0.1) is 24.0 Å². The molecule has 0 aliphatic heterocycles.